The predicted molar refractivity (Wildman–Crippen MR) is 57.3 cm³/mol. The third-order valence-corrected chi connectivity index (χ3v) is 2.50. The Hall–Kier alpha value is -0.170. The summed E-state index contributed by atoms with van der Waals surface area (Å²) in [7, 11) is -0.0372. The van der Waals surface area contributed by atoms with Gasteiger partial charge in [-0.2, -0.15) is 8.42 Å². The molecule has 15 heavy (non-hydrogen) atoms. The highest BCUT2D eigenvalue weighted by Gasteiger charge is 2.06. The van der Waals surface area contributed by atoms with E-state index in [-0.39, 0.29) is 12.7 Å². The number of unbranched alkanes of at least 4 members (excludes halogenated alkanes) is 1. The van der Waals surface area contributed by atoms with Gasteiger partial charge in [0.1, 0.15) is 0 Å². The summed E-state index contributed by atoms with van der Waals surface area (Å²) in [6, 6.07) is 0. The Bertz CT molecular complexity index is 237. The maximum Gasteiger partial charge on any atom is 0.264 e. The molecule has 0 radical (unpaired) electrons. The van der Waals surface area contributed by atoms with Crippen LogP contribution in [0.15, 0.2) is 0 Å². The maximum absolute atomic E-state index is 10.6. The SMILES string of the molecule is COCC(CCCCOS(C)(=O)=O)OC. The van der Waals surface area contributed by atoms with Gasteiger partial charge in [0.2, 0.25) is 0 Å². The van der Waals surface area contributed by atoms with E-state index in [0.717, 1.165) is 19.1 Å². The van der Waals surface area contributed by atoms with Gasteiger partial charge in [-0.15, -0.1) is 0 Å². The number of ether oxygens (including phenoxy) is 2. The van der Waals surface area contributed by atoms with Crippen molar-refractivity contribution in [1.82, 2.24) is 0 Å². The Morgan fingerprint density at radius 3 is 2.33 bits per heavy atom. The average Bonchev–Trinajstić information content (AvgIpc) is 2.14. The second kappa shape index (κ2) is 8.04. The molecule has 0 aliphatic rings. The highest BCUT2D eigenvalue weighted by molar-refractivity contribution is 7.85. The summed E-state index contributed by atoms with van der Waals surface area (Å²) in [6.07, 6.45) is 3.54. The van der Waals surface area contributed by atoms with Crippen molar-refractivity contribution < 1.29 is 22.1 Å². The number of hydrogen-bond acceptors (Lipinski definition) is 5. The monoisotopic (exact) mass is 240 g/mol. The molecule has 0 saturated heterocycles. The normalized spacial score (nSPS) is 14.1. The first kappa shape index (κ1) is 14.8. The summed E-state index contributed by atoms with van der Waals surface area (Å²) in [4.78, 5) is 0. The topological polar surface area (TPSA) is 61.8 Å². The lowest BCUT2D eigenvalue weighted by Crippen LogP contribution is -2.17. The zero-order valence-electron chi connectivity index (χ0n) is 9.56. The van der Waals surface area contributed by atoms with E-state index in [9.17, 15) is 8.42 Å². The molecule has 0 amide bonds. The molecule has 0 saturated carbocycles. The highest BCUT2D eigenvalue weighted by Crippen LogP contribution is 2.05. The van der Waals surface area contributed by atoms with Crippen molar-refractivity contribution in [2.45, 2.75) is 25.4 Å². The quantitative estimate of drug-likeness (QED) is 0.440. The maximum atomic E-state index is 10.6. The molecule has 0 rings (SSSR count). The van der Waals surface area contributed by atoms with Crippen LogP contribution in [0, 0.1) is 0 Å². The Balaban J connectivity index is 3.44. The van der Waals surface area contributed by atoms with Crippen molar-refractivity contribution in [1.29, 1.82) is 0 Å². The molecule has 0 heterocycles. The third-order valence-electron chi connectivity index (χ3n) is 1.90. The molecule has 92 valence electrons. The summed E-state index contributed by atoms with van der Waals surface area (Å²) < 4.78 is 36.0. The van der Waals surface area contributed by atoms with E-state index in [2.05, 4.69) is 4.18 Å². The average molecular weight is 240 g/mol. The highest BCUT2D eigenvalue weighted by atomic mass is 32.2. The molecule has 0 bridgehead atoms. The molecular weight excluding hydrogens is 220 g/mol. The lowest BCUT2D eigenvalue weighted by atomic mass is 10.2. The molecule has 0 fully saturated rings. The van der Waals surface area contributed by atoms with E-state index in [1.165, 1.54) is 0 Å². The Morgan fingerprint density at radius 2 is 1.87 bits per heavy atom. The van der Waals surface area contributed by atoms with E-state index < -0.39 is 10.1 Å². The van der Waals surface area contributed by atoms with E-state index in [1.54, 1.807) is 14.2 Å². The fourth-order valence-corrected chi connectivity index (χ4v) is 1.56. The van der Waals surface area contributed by atoms with Crippen LogP contribution in [0.2, 0.25) is 0 Å². The van der Waals surface area contributed by atoms with Crippen LogP contribution < -0.4 is 0 Å². The smallest absolute Gasteiger partial charge is 0.264 e. The molecule has 6 heteroatoms. The van der Waals surface area contributed by atoms with Gasteiger partial charge in [0.25, 0.3) is 10.1 Å². The standard InChI is InChI=1S/C9H20O5S/c1-12-8-9(13-2)6-4-5-7-14-15(3,10)11/h9H,4-8H2,1-3H3. The van der Waals surface area contributed by atoms with E-state index >= 15 is 0 Å². The molecule has 5 nitrogen and oxygen atoms in total. The van der Waals surface area contributed by atoms with E-state index in [4.69, 9.17) is 9.47 Å². The predicted octanol–water partition coefficient (Wildman–Crippen LogP) is 0.794. The Kier molecular flexibility index (Phi) is 7.95. The largest absolute Gasteiger partial charge is 0.382 e. The Labute approximate surface area is 91.8 Å². The van der Waals surface area contributed by atoms with Crippen molar-refractivity contribution in [3.05, 3.63) is 0 Å². The third kappa shape index (κ3) is 10.1. The molecule has 0 aliphatic carbocycles. The van der Waals surface area contributed by atoms with Crippen molar-refractivity contribution in [2.75, 3.05) is 33.7 Å². The van der Waals surface area contributed by atoms with E-state index in [1.807, 2.05) is 0 Å². The van der Waals surface area contributed by atoms with Crippen molar-refractivity contribution in [3.8, 4) is 0 Å². The second-order valence-electron chi connectivity index (χ2n) is 3.33. The summed E-state index contributed by atoms with van der Waals surface area (Å²) in [5.74, 6) is 0. The summed E-state index contributed by atoms with van der Waals surface area (Å²) in [6.45, 7) is 0.797. The number of hydrogen-bond donors (Lipinski definition) is 0. The minimum absolute atomic E-state index is 0.0771. The van der Waals surface area contributed by atoms with Gasteiger partial charge in [-0.05, 0) is 19.3 Å². The minimum Gasteiger partial charge on any atom is -0.382 e. The molecule has 0 spiro atoms. The van der Waals surface area contributed by atoms with Crippen LogP contribution >= 0.6 is 0 Å². The second-order valence-corrected chi connectivity index (χ2v) is 4.98. The fourth-order valence-electron chi connectivity index (χ4n) is 1.14. The summed E-state index contributed by atoms with van der Waals surface area (Å²) in [5, 5.41) is 0. The van der Waals surface area contributed by atoms with E-state index in [0.29, 0.717) is 13.0 Å². The molecule has 0 aromatic heterocycles. The first-order valence-electron chi connectivity index (χ1n) is 4.85. The minimum atomic E-state index is -3.30. The molecule has 1 atom stereocenters. The van der Waals surface area contributed by atoms with Crippen LogP contribution in [-0.4, -0.2) is 48.2 Å². The van der Waals surface area contributed by atoms with Gasteiger partial charge >= 0.3 is 0 Å². The van der Waals surface area contributed by atoms with Gasteiger partial charge in [0.15, 0.2) is 0 Å². The molecule has 0 aliphatic heterocycles. The zero-order valence-corrected chi connectivity index (χ0v) is 10.4. The van der Waals surface area contributed by atoms with Crippen LogP contribution in [0.5, 0.6) is 0 Å². The lowest BCUT2D eigenvalue weighted by Gasteiger charge is -2.13. The van der Waals surface area contributed by atoms with Crippen molar-refractivity contribution in [2.24, 2.45) is 0 Å². The van der Waals surface area contributed by atoms with Gasteiger partial charge < -0.3 is 9.47 Å². The molecule has 0 aromatic carbocycles. The van der Waals surface area contributed by atoms with Crippen molar-refractivity contribution in [3.63, 3.8) is 0 Å². The van der Waals surface area contributed by atoms with Crippen LogP contribution in [0.1, 0.15) is 19.3 Å². The molecular formula is C9H20O5S. The summed E-state index contributed by atoms with van der Waals surface area (Å²) in [5.41, 5.74) is 0. The first-order valence-corrected chi connectivity index (χ1v) is 6.67. The van der Waals surface area contributed by atoms with Crippen LogP contribution in [0.4, 0.5) is 0 Å². The lowest BCUT2D eigenvalue weighted by molar-refractivity contribution is 0.0217. The van der Waals surface area contributed by atoms with Crippen LogP contribution in [0.3, 0.4) is 0 Å². The first-order chi connectivity index (χ1) is 6.99. The van der Waals surface area contributed by atoms with Gasteiger partial charge in [0.05, 0.1) is 25.6 Å². The van der Waals surface area contributed by atoms with Gasteiger partial charge in [-0.1, -0.05) is 0 Å². The van der Waals surface area contributed by atoms with Gasteiger partial charge in [-0.25, -0.2) is 0 Å². The van der Waals surface area contributed by atoms with Gasteiger partial charge in [-0.3, -0.25) is 4.18 Å². The Morgan fingerprint density at radius 1 is 1.20 bits per heavy atom. The molecule has 1 unspecified atom stereocenters. The number of rotatable bonds is 9. The fraction of sp³-hybridized carbons (Fsp3) is 1.00. The number of methoxy groups -OCH3 is 2. The molecule has 0 aromatic rings. The zero-order chi connectivity index (χ0) is 11.7. The van der Waals surface area contributed by atoms with Crippen LogP contribution in [0.25, 0.3) is 0 Å². The van der Waals surface area contributed by atoms with Gasteiger partial charge in [0, 0.05) is 14.2 Å². The summed E-state index contributed by atoms with van der Waals surface area (Å²) >= 11 is 0. The molecule has 0 N–H and O–H groups in total. The van der Waals surface area contributed by atoms with Crippen LogP contribution in [-0.2, 0) is 23.8 Å². The van der Waals surface area contributed by atoms with Crippen molar-refractivity contribution >= 4 is 10.1 Å².